The molecule has 0 saturated carbocycles. The van der Waals surface area contributed by atoms with Crippen LogP contribution in [-0.4, -0.2) is 121 Å². The normalized spacial score (nSPS) is 23.8. The van der Waals surface area contributed by atoms with Crippen LogP contribution in [0.25, 0.3) is 6.08 Å². The summed E-state index contributed by atoms with van der Waals surface area (Å²) in [6, 6.07) is 5.99. The van der Waals surface area contributed by atoms with Crippen molar-refractivity contribution in [2.45, 2.75) is 42.9 Å². The molecule has 1 fully saturated rings. The van der Waals surface area contributed by atoms with Gasteiger partial charge in [-0.3, -0.25) is 0 Å². The summed E-state index contributed by atoms with van der Waals surface area (Å²) in [5.74, 6) is 0.139. The molecule has 7 atom stereocenters. The van der Waals surface area contributed by atoms with Crippen LogP contribution in [0.2, 0.25) is 0 Å². The lowest BCUT2D eigenvalue weighted by atomic mass is 9.98. The van der Waals surface area contributed by atoms with Crippen molar-refractivity contribution in [2.75, 3.05) is 48.3 Å². The summed E-state index contributed by atoms with van der Waals surface area (Å²) in [6.07, 6.45) is -7.50. The monoisotopic (exact) mass is 598 g/mol. The molecule has 3 rings (SSSR count). The van der Waals surface area contributed by atoms with E-state index in [2.05, 4.69) is 0 Å². The van der Waals surface area contributed by atoms with Gasteiger partial charge in [-0.05, 0) is 35.4 Å². The first-order valence-corrected chi connectivity index (χ1v) is 12.9. The van der Waals surface area contributed by atoms with Crippen LogP contribution in [0.15, 0.2) is 30.3 Å². The van der Waals surface area contributed by atoms with Crippen LogP contribution >= 0.6 is 0 Å². The molecule has 1 aliphatic rings. The van der Waals surface area contributed by atoms with Crippen molar-refractivity contribution in [2.24, 2.45) is 0 Å². The van der Waals surface area contributed by atoms with Gasteiger partial charge < -0.3 is 68.9 Å². The van der Waals surface area contributed by atoms with Gasteiger partial charge >= 0.3 is 0 Å². The molecule has 0 aliphatic carbocycles. The average molecular weight is 599 g/mol. The highest BCUT2D eigenvalue weighted by molar-refractivity contribution is 5.62. The van der Waals surface area contributed by atoms with Gasteiger partial charge in [-0.15, -0.1) is 0 Å². The second-order valence-corrected chi connectivity index (χ2v) is 9.21. The van der Waals surface area contributed by atoms with Crippen LogP contribution in [-0.2, 0) is 9.47 Å². The molecule has 7 N–H and O–H groups in total. The van der Waals surface area contributed by atoms with Crippen LogP contribution in [0.1, 0.15) is 17.2 Å². The van der Waals surface area contributed by atoms with Gasteiger partial charge in [0.05, 0.1) is 48.3 Å². The summed E-state index contributed by atoms with van der Waals surface area (Å²) in [6.45, 7) is -1.57. The Balaban J connectivity index is 2.12. The molecule has 0 amide bonds. The van der Waals surface area contributed by atoms with E-state index in [-0.39, 0.29) is 46.7 Å². The summed E-state index contributed by atoms with van der Waals surface area (Å²) in [5.41, 5.74) is 0.839. The minimum Gasteiger partial charge on any atom is -0.502 e. The Bertz CT molecular complexity index is 1140. The maximum absolute atomic E-state index is 10.7. The van der Waals surface area contributed by atoms with Gasteiger partial charge in [-0.2, -0.15) is 0 Å². The van der Waals surface area contributed by atoms with Crippen LogP contribution in [0.3, 0.4) is 0 Å². The minimum absolute atomic E-state index is 0.0152. The standard InChI is InChI=1S/C28H38O14/c1-36-16-10-15(11-17(37-2)22(16)32)26(42-28-25(35)24(34)23(33)20(12-30)41-28)21(13-31)40-27-18(38-3)8-14(6-5-7-29)9-19(27)39-4/h5-6,8-11,20-21,23-26,28-35H,7,12-13H2,1-4H3/t20-,21+,23-,24+,25-,26-,28+/m1/s1. The molecule has 14 nitrogen and oxygen atoms in total. The van der Waals surface area contributed by atoms with Crippen molar-refractivity contribution in [1.82, 2.24) is 0 Å². The lowest BCUT2D eigenvalue weighted by molar-refractivity contribution is -0.318. The van der Waals surface area contributed by atoms with Crippen LogP contribution < -0.4 is 23.7 Å². The predicted molar refractivity (Wildman–Crippen MR) is 146 cm³/mol. The Morgan fingerprint density at radius 3 is 1.86 bits per heavy atom. The molecule has 1 heterocycles. The van der Waals surface area contributed by atoms with E-state index in [1.165, 1.54) is 46.6 Å². The maximum atomic E-state index is 10.7. The highest BCUT2D eigenvalue weighted by Crippen LogP contribution is 2.44. The number of phenols is 1. The zero-order valence-electron chi connectivity index (χ0n) is 23.6. The SMILES string of the molecule is COc1cc([C@@H](O[C@@H]2O[C@H](CO)[C@@H](O)[C@H](O)[C@H]2O)[C@H](CO)Oc2c(OC)cc(C=CCO)cc2OC)cc(OC)c1O. The number of hydrogen-bond acceptors (Lipinski definition) is 14. The van der Waals surface area contributed by atoms with Gasteiger partial charge in [-0.25, -0.2) is 0 Å². The summed E-state index contributed by atoms with van der Waals surface area (Å²) < 4.78 is 39.4. The molecular formula is C28H38O14. The fraction of sp³-hybridized carbons (Fsp3) is 0.500. The lowest BCUT2D eigenvalue weighted by Gasteiger charge is -2.41. The molecule has 1 aliphatic heterocycles. The molecule has 2 aromatic carbocycles. The van der Waals surface area contributed by atoms with Gasteiger partial charge in [0, 0.05) is 0 Å². The van der Waals surface area contributed by atoms with E-state index in [1.54, 1.807) is 18.2 Å². The average Bonchev–Trinajstić information content (AvgIpc) is 3.01. The predicted octanol–water partition coefficient (Wildman–Crippen LogP) is -0.270. The summed E-state index contributed by atoms with van der Waals surface area (Å²) in [5, 5.41) is 71.0. The number of phenolic OH excluding ortho intramolecular Hbond substituents is 1. The van der Waals surface area contributed by atoms with E-state index in [1.807, 2.05) is 0 Å². The Morgan fingerprint density at radius 1 is 0.810 bits per heavy atom. The number of aliphatic hydroxyl groups is 6. The van der Waals surface area contributed by atoms with Gasteiger partial charge in [0.25, 0.3) is 0 Å². The number of methoxy groups -OCH3 is 4. The second-order valence-electron chi connectivity index (χ2n) is 9.21. The summed E-state index contributed by atoms with van der Waals surface area (Å²) >= 11 is 0. The van der Waals surface area contributed by atoms with Crippen molar-refractivity contribution in [3.63, 3.8) is 0 Å². The van der Waals surface area contributed by atoms with Gasteiger partial charge in [-0.1, -0.05) is 12.2 Å². The first-order valence-electron chi connectivity index (χ1n) is 12.9. The van der Waals surface area contributed by atoms with E-state index in [0.29, 0.717) is 5.56 Å². The summed E-state index contributed by atoms with van der Waals surface area (Å²) in [4.78, 5) is 0. The van der Waals surface area contributed by atoms with E-state index in [4.69, 9.17) is 38.3 Å². The number of benzene rings is 2. The molecular weight excluding hydrogens is 560 g/mol. The fourth-order valence-electron chi connectivity index (χ4n) is 4.43. The van der Waals surface area contributed by atoms with Gasteiger partial charge in [0.15, 0.2) is 35.4 Å². The minimum atomic E-state index is -1.77. The van der Waals surface area contributed by atoms with Gasteiger partial charge in [0.2, 0.25) is 11.5 Å². The Labute approximate surface area is 242 Å². The molecule has 0 bridgehead atoms. The quantitative estimate of drug-likeness (QED) is 0.150. The number of ether oxygens (including phenoxy) is 7. The van der Waals surface area contributed by atoms with Crippen molar-refractivity contribution < 1.29 is 68.9 Å². The number of hydrogen-bond donors (Lipinski definition) is 7. The van der Waals surface area contributed by atoms with Crippen LogP contribution in [0.5, 0.6) is 34.5 Å². The maximum Gasteiger partial charge on any atom is 0.204 e. The third kappa shape index (κ3) is 7.17. The zero-order valence-corrected chi connectivity index (χ0v) is 23.6. The van der Waals surface area contributed by atoms with E-state index < -0.39 is 56.1 Å². The van der Waals surface area contributed by atoms with E-state index in [9.17, 15) is 30.6 Å². The number of aromatic hydroxyl groups is 1. The van der Waals surface area contributed by atoms with Crippen molar-refractivity contribution in [3.05, 3.63) is 41.5 Å². The third-order valence-corrected chi connectivity index (χ3v) is 6.65. The molecule has 0 radical (unpaired) electrons. The van der Waals surface area contributed by atoms with Crippen molar-refractivity contribution in [3.8, 4) is 34.5 Å². The first kappa shape index (κ1) is 33.2. The Hall–Kier alpha value is -3.34. The van der Waals surface area contributed by atoms with E-state index >= 15 is 0 Å². The number of rotatable bonds is 14. The highest BCUT2D eigenvalue weighted by atomic mass is 16.7. The Morgan fingerprint density at radius 2 is 1.38 bits per heavy atom. The van der Waals surface area contributed by atoms with Gasteiger partial charge in [0.1, 0.15) is 30.5 Å². The molecule has 14 heteroatoms. The molecule has 0 spiro atoms. The zero-order chi connectivity index (χ0) is 31.0. The molecule has 2 aromatic rings. The largest absolute Gasteiger partial charge is 0.502 e. The number of aliphatic hydroxyl groups excluding tert-OH is 6. The molecule has 234 valence electrons. The van der Waals surface area contributed by atoms with Crippen LogP contribution in [0, 0.1) is 0 Å². The molecule has 0 unspecified atom stereocenters. The lowest BCUT2D eigenvalue weighted by Crippen LogP contribution is -2.59. The van der Waals surface area contributed by atoms with Crippen LogP contribution in [0.4, 0.5) is 0 Å². The summed E-state index contributed by atoms with van der Waals surface area (Å²) in [7, 11) is 5.42. The first-order chi connectivity index (χ1) is 20.2. The topological polar surface area (TPSA) is 206 Å². The molecule has 42 heavy (non-hydrogen) atoms. The highest BCUT2D eigenvalue weighted by Gasteiger charge is 2.46. The van der Waals surface area contributed by atoms with E-state index in [0.717, 1.165) is 0 Å². The smallest absolute Gasteiger partial charge is 0.204 e. The second kappa shape index (κ2) is 15.2. The fourth-order valence-corrected chi connectivity index (χ4v) is 4.43. The Kier molecular flexibility index (Phi) is 12.0. The molecule has 1 saturated heterocycles. The van der Waals surface area contributed by atoms with Crippen molar-refractivity contribution in [1.29, 1.82) is 0 Å². The van der Waals surface area contributed by atoms with Crippen molar-refractivity contribution >= 4 is 6.08 Å². The third-order valence-electron chi connectivity index (χ3n) is 6.65. The molecule has 0 aromatic heterocycles.